The van der Waals surface area contributed by atoms with Crippen molar-refractivity contribution in [3.63, 3.8) is 0 Å². The number of carbonyl (C=O) groups is 1. The maximum atomic E-state index is 12.6. The number of hydrogen-bond donors (Lipinski definition) is 2. The Balaban J connectivity index is 2.11. The SMILES string of the molecule is CCCc1[nH]nc(C(=O)N2CCN(C)C(CC)C2)c1N. The molecule has 6 nitrogen and oxygen atoms in total. The summed E-state index contributed by atoms with van der Waals surface area (Å²) in [6.45, 7) is 6.62. The summed E-state index contributed by atoms with van der Waals surface area (Å²) in [4.78, 5) is 16.7. The second kappa shape index (κ2) is 6.26. The van der Waals surface area contributed by atoms with Crippen LogP contribution in [0.15, 0.2) is 0 Å². The predicted molar refractivity (Wildman–Crippen MR) is 79.6 cm³/mol. The lowest BCUT2D eigenvalue weighted by molar-refractivity contribution is 0.0537. The maximum Gasteiger partial charge on any atom is 0.276 e. The highest BCUT2D eigenvalue weighted by Crippen LogP contribution is 2.19. The average molecular weight is 279 g/mol. The zero-order valence-corrected chi connectivity index (χ0v) is 12.6. The zero-order valence-electron chi connectivity index (χ0n) is 12.6. The van der Waals surface area contributed by atoms with E-state index >= 15 is 0 Å². The number of hydrogen-bond acceptors (Lipinski definition) is 4. The van der Waals surface area contributed by atoms with Gasteiger partial charge in [0.05, 0.1) is 11.4 Å². The van der Waals surface area contributed by atoms with Crippen molar-refractivity contribution in [2.75, 3.05) is 32.4 Å². The molecule has 1 unspecified atom stereocenters. The van der Waals surface area contributed by atoms with Gasteiger partial charge in [0.1, 0.15) is 0 Å². The Kier molecular flexibility index (Phi) is 4.65. The minimum atomic E-state index is -0.0485. The number of carbonyl (C=O) groups excluding carboxylic acids is 1. The Bertz CT molecular complexity index is 470. The van der Waals surface area contributed by atoms with E-state index in [1.165, 1.54) is 0 Å². The number of H-pyrrole nitrogens is 1. The van der Waals surface area contributed by atoms with Crippen molar-refractivity contribution in [2.45, 2.75) is 39.2 Å². The number of amides is 1. The molecular formula is C14H25N5O. The Morgan fingerprint density at radius 3 is 2.85 bits per heavy atom. The van der Waals surface area contributed by atoms with Crippen LogP contribution in [0.2, 0.25) is 0 Å². The van der Waals surface area contributed by atoms with E-state index in [1.807, 2.05) is 4.90 Å². The fourth-order valence-corrected chi connectivity index (χ4v) is 2.71. The van der Waals surface area contributed by atoms with E-state index in [0.29, 0.717) is 17.4 Å². The number of nitrogens with one attached hydrogen (secondary N) is 1. The number of piperazine rings is 1. The highest BCUT2D eigenvalue weighted by molar-refractivity contribution is 5.97. The number of anilines is 1. The first-order valence-electron chi connectivity index (χ1n) is 7.40. The Morgan fingerprint density at radius 1 is 1.45 bits per heavy atom. The molecule has 0 bridgehead atoms. The molecule has 0 radical (unpaired) electrons. The van der Waals surface area contributed by atoms with E-state index in [2.05, 4.69) is 36.0 Å². The normalized spacial score (nSPS) is 20.4. The molecule has 6 heteroatoms. The molecule has 2 rings (SSSR count). The molecule has 112 valence electrons. The Hall–Kier alpha value is -1.56. The summed E-state index contributed by atoms with van der Waals surface area (Å²) in [6, 6.07) is 0.419. The summed E-state index contributed by atoms with van der Waals surface area (Å²) in [7, 11) is 2.11. The van der Waals surface area contributed by atoms with Gasteiger partial charge < -0.3 is 10.6 Å². The molecule has 0 saturated carbocycles. The summed E-state index contributed by atoms with van der Waals surface area (Å²) in [6.07, 6.45) is 2.84. The molecular weight excluding hydrogens is 254 g/mol. The first-order valence-corrected chi connectivity index (χ1v) is 7.40. The van der Waals surface area contributed by atoms with Gasteiger partial charge in [0.2, 0.25) is 0 Å². The van der Waals surface area contributed by atoms with Crippen LogP contribution in [-0.4, -0.2) is 58.6 Å². The van der Waals surface area contributed by atoms with Gasteiger partial charge in [-0.15, -0.1) is 0 Å². The van der Waals surface area contributed by atoms with Gasteiger partial charge in [-0.1, -0.05) is 20.3 Å². The molecule has 3 N–H and O–H groups in total. The van der Waals surface area contributed by atoms with E-state index in [0.717, 1.165) is 44.6 Å². The van der Waals surface area contributed by atoms with Crippen LogP contribution in [0.4, 0.5) is 5.69 Å². The van der Waals surface area contributed by atoms with Crippen LogP contribution in [0.3, 0.4) is 0 Å². The predicted octanol–water partition coefficient (Wildman–Crippen LogP) is 1.11. The molecule has 1 aromatic heterocycles. The number of aromatic nitrogens is 2. The minimum Gasteiger partial charge on any atom is -0.395 e. The molecule has 1 atom stereocenters. The van der Waals surface area contributed by atoms with Gasteiger partial charge in [0.15, 0.2) is 5.69 Å². The number of likely N-dealkylation sites (N-methyl/N-ethyl adjacent to an activating group) is 1. The number of aromatic amines is 1. The highest BCUT2D eigenvalue weighted by Gasteiger charge is 2.29. The maximum absolute atomic E-state index is 12.6. The van der Waals surface area contributed by atoms with Crippen molar-refractivity contribution in [3.05, 3.63) is 11.4 Å². The molecule has 20 heavy (non-hydrogen) atoms. The van der Waals surface area contributed by atoms with Crippen LogP contribution in [0.25, 0.3) is 0 Å². The van der Waals surface area contributed by atoms with Gasteiger partial charge in [-0.2, -0.15) is 5.10 Å². The van der Waals surface area contributed by atoms with E-state index in [4.69, 9.17) is 5.73 Å². The molecule has 1 fully saturated rings. The van der Waals surface area contributed by atoms with E-state index < -0.39 is 0 Å². The molecule has 1 aliphatic rings. The third-order valence-electron chi connectivity index (χ3n) is 4.12. The van der Waals surface area contributed by atoms with Crippen LogP contribution in [-0.2, 0) is 6.42 Å². The second-order valence-corrected chi connectivity index (χ2v) is 5.51. The van der Waals surface area contributed by atoms with Gasteiger partial charge in [-0.05, 0) is 19.9 Å². The minimum absolute atomic E-state index is 0.0485. The fourth-order valence-electron chi connectivity index (χ4n) is 2.71. The van der Waals surface area contributed by atoms with Gasteiger partial charge in [-0.25, -0.2) is 0 Å². The van der Waals surface area contributed by atoms with Crippen molar-refractivity contribution in [3.8, 4) is 0 Å². The lowest BCUT2D eigenvalue weighted by atomic mass is 10.1. The van der Waals surface area contributed by atoms with E-state index in [-0.39, 0.29) is 5.91 Å². The smallest absolute Gasteiger partial charge is 0.276 e. The summed E-state index contributed by atoms with van der Waals surface area (Å²) in [5, 5.41) is 7.02. The number of nitrogens with two attached hydrogens (primary N) is 1. The van der Waals surface area contributed by atoms with Crippen molar-refractivity contribution >= 4 is 11.6 Å². The van der Waals surface area contributed by atoms with Gasteiger partial charge in [0, 0.05) is 25.7 Å². The van der Waals surface area contributed by atoms with Crippen LogP contribution in [0.1, 0.15) is 42.9 Å². The topological polar surface area (TPSA) is 78.2 Å². The van der Waals surface area contributed by atoms with E-state index in [1.54, 1.807) is 0 Å². The van der Waals surface area contributed by atoms with Crippen molar-refractivity contribution < 1.29 is 4.79 Å². The van der Waals surface area contributed by atoms with Gasteiger partial charge >= 0.3 is 0 Å². The largest absolute Gasteiger partial charge is 0.395 e. The van der Waals surface area contributed by atoms with Gasteiger partial charge in [-0.3, -0.25) is 14.8 Å². The molecule has 2 heterocycles. The standard InChI is InChI=1S/C14H25N5O/c1-4-6-11-12(15)13(17-16-11)14(20)19-8-7-18(3)10(5-2)9-19/h10H,4-9,15H2,1-3H3,(H,16,17). The van der Waals surface area contributed by atoms with Crippen molar-refractivity contribution in [1.29, 1.82) is 0 Å². The Labute approximate surface area is 120 Å². The highest BCUT2D eigenvalue weighted by atomic mass is 16.2. The lowest BCUT2D eigenvalue weighted by Crippen LogP contribution is -2.53. The molecule has 1 aliphatic heterocycles. The number of rotatable bonds is 4. The Morgan fingerprint density at radius 2 is 2.20 bits per heavy atom. The third kappa shape index (κ3) is 2.80. The van der Waals surface area contributed by atoms with E-state index in [9.17, 15) is 4.79 Å². The lowest BCUT2D eigenvalue weighted by Gasteiger charge is -2.38. The fraction of sp³-hybridized carbons (Fsp3) is 0.714. The molecule has 0 spiro atoms. The monoisotopic (exact) mass is 279 g/mol. The summed E-state index contributed by atoms with van der Waals surface area (Å²) in [5.74, 6) is -0.0485. The molecule has 0 aromatic carbocycles. The third-order valence-corrected chi connectivity index (χ3v) is 4.12. The first-order chi connectivity index (χ1) is 9.58. The van der Waals surface area contributed by atoms with Gasteiger partial charge in [0.25, 0.3) is 5.91 Å². The average Bonchev–Trinajstić information content (AvgIpc) is 2.80. The summed E-state index contributed by atoms with van der Waals surface area (Å²) in [5.41, 5.74) is 7.81. The van der Waals surface area contributed by atoms with Crippen molar-refractivity contribution in [1.82, 2.24) is 20.0 Å². The molecule has 0 aliphatic carbocycles. The number of nitrogens with zero attached hydrogens (tertiary/aromatic N) is 3. The zero-order chi connectivity index (χ0) is 14.7. The second-order valence-electron chi connectivity index (χ2n) is 5.51. The summed E-state index contributed by atoms with van der Waals surface area (Å²) >= 11 is 0. The molecule has 1 aromatic rings. The van der Waals surface area contributed by atoms with Crippen molar-refractivity contribution in [2.24, 2.45) is 0 Å². The first kappa shape index (κ1) is 14.8. The summed E-state index contributed by atoms with van der Waals surface area (Å²) < 4.78 is 0. The molecule has 1 saturated heterocycles. The van der Waals surface area contributed by atoms with Crippen LogP contribution >= 0.6 is 0 Å². The van der Waals surface area contributed by atoms with Crippen LogP contribution in [0, 0.1) is 0 Å². The number of nitrogen functional groups attached to an aromatic ring is 1. The van der Waals surface area contributed by atoms with Crippen LogP contribution in [0.5, 0.6) is 0 Å². The quantitative estimate of drug-likeness (QED) is 0.865. The molecule has 1 amide bonds. The van der Waals surface area contributed by atoms with Crippen LogP contribution < -0.4 is 5.73 Å². The number of aryl methyl sites for hydroxylation is 1.